The Labute approximate surface area is 169 Å². The number of sulfonamides is 1. The lowest BCUT2D eigenvalue weighted by Crippen LogP contribution is -2.35. The van der Waals surface area contributed by atoms with Gasteiger partial charge < -0.3 is 10.6 Å². The van der Waals surface area contributed by atoms with Crippen LogP contribution in [0.15, 0.2) is 41.3 Å². The van der Waals surface area contributed by atoms with E-state index in [4.69, 9.17) is 11.6 Å². The second-order valence-electron chi connectivity index (χ2n) is 6.43. The minimum absolute atomic E-state index is 0.128. The zero-order valence-electron chi connectivity index (χ0n) is 16.0. The molecule has 9 heteroatoms. The van der Waals surface area contributed by atoms with E-state index < -0.39 is 15.9 Å². The summed E-state index contributed by atoms with van der Waals surface area (Å²) in [5.74, 6) is -0.782. The molecule has 0 bridgehead atoms. The zero-order valence-corrected chi connectivity index (χ0v) is 17.6. The molecule has 0 unspecified atom stereocenters. The highest BCUT2D eigenvalue weighted by Gasteiger charge is 2.23. The number of likely N-dealkylation sites (N-methyl/N-ethyl adjacent to an activating group) is 1. The Morgan fingerprint density at radius 1 is 1.04 bits per heavy atom. The molecule has 0 heterocycles. The third-order valence-electron chi connectivity index (χ3n) is 4.12. The molecule has 28 heavy (non-hydrogen) atoms. The van der Waals surface area contributed by atoms with Crippen LogP contribution < -0.4 is 10.6 Å². The summed E-state index contributed by atoms with van der Waals surface area (Å²) in [7, 11) is -2.47. The Hall–Kier alpha value is -2.42. The molecule has 2 aromatic carbocycles. The van der Waals surface area contributed by atoms with E-state index in [9.17, 15) is 18.0 Å². The van der Waals surface area contributed by atoms with Crippen LogP contribution >= 0.6 is 11.6 Å². The highest BCUT2D eigenvalue weighted by molar-refractivity contribution is 7.89. The fraction of sp³-hybridized carbons (Fsp3) is 0.263. The number of aryl methyl sites for hydroxylation is 2. The minimum atomic E-state index is -3.80. The van der Waals surface area contributed by atoms with Crippen LogP contribution in [0.5, 0.6) is 0 Å². The van der Waals surface area contributed by atoms with Gasteiger partial charge in [-0.3, -0.25) is 9.59 Å². The van der Waals surface area contributed by atoms with Crippen molar-refractivity contribution in [2.45, 2.75) is 25.7 Å². The van der Waals surface area contributed by atoms with E-state index in [0.29, 0.717) is 11.4 Å². The number of rotatable bonds is 6. The minimum Gasteiger partial charge on any atom is -0.326 e. The van der Waals surface area contributed by atoms with Crippen molar-refractivity contribution < 1.29 is 18.0 Å². The summed E-state index contributed by atoms with van der Waals surface area (Å²) in [6, 6.07) is 9.43. The van der Waals surface area contributed by atoms with Gasteiger partial charge in [-0.05, 0) is 55.3 Å². The van der Waals surface area contributed by atoms with Gasteiger partial charge in [-0.2, -0.15) is 4.31 Å². The van der Waals surface area contributed by atoms with Gasteiger partial charge in [0.1, 0.15) is 0 Å². The van der Waals surface area contributed by atoms with Crippen molar-refractivity contribution >= 4 is 44.8 Å². The van der Waals surface area contributed by atoms with Crippen LogP contribution in [-0.4, -0.2) is 38.1 Å². The van der Waals surface area contributed by atoms with Crippen molar-refractivity contribution in [2.75, 3.05) is 24.2 Å². The number of hydrogen-bond donors (Lipinski definition) is 2. The summed E-state index contributed by atoms with van der Waals surface area (Å²) in [4.78, 5) is 23.5. The highest BCUT2D eigenvalue weighted by Crippen LogP contribution is 2.26. The number of anilines is 2. The average Bonchev–Trinajstić information content (AvgIpc) is 2.59. The number of halogens is 1. The van der Waals surface area contributed by atoms with E-state index in [2.05, 4.69) is 10.6 Å². The van der Waals surface area contributed by atoms with Crippen LogP contribution in [0.1, 0.15) is 18.1 Å². The van der Waals surface area contributed by atoms with Gasteiger partial charge in [-0.15, -0.1) is 0 Å². The molecule has 0 atom stereocenters. The molecule has 0 radical (unpaired) electrons. The maximum absolute atomic E-state index is 12.7. The van der Waals surface area contributed by atoms with E-state index in [0.717, 1.165) is 15.4 Å². The number of carbonyl (C=O) groups is 2. The molecule has 0 aliphatic carbocycles. The summed E-state index contributed by atoms with van der Waals surface area (Å²) in [5.41, 5.74) is 2.64. The van der Waals surface area contributed by atoms with Crippen LogP contribution in [0.4, 0.5) is 11.4 Å². The van der Waals surface area contributed by atoms with Crippen LogP contribution in [0, 0.1) is 13.8 Å². The summed E-state index contributed by atoms with van der Waals surface area (Å²) < 4.78 is 26.3. The zero-order chi connectivity index (χ0) is 21.1. The van der Waals surface area contributed by atoms with Crippen molar-refractivity contribution in [1.82, 2.24) is 4.31 Å². The van der Waals surface area contributed by atoms with Crippen molar-refractivity contribution in [1.29, 1.82) is 0 Å². The number of hydrogen-bond acceptors (Lipinski definition) is 4. The normalized spacial score (nSPS) is 11.4. The van der Waals surface area contributed by atoms with E-state index in [1.807, 2.05) is 13.8 Å². The van der Waals surface area contributed by atoms with Gasteiger partial charge in [0.25, 0.3) is 0 Å². The first-order chi connectivity index (χ1) is 13.0. The average molecular weight is 424 g/mol. The summed E-state index contributed by atoms with van der Waals surface area (Å²) in [5, 5.41) is 5.38. The molecule has 0 fully saturated rings. The quantitative estimate of drug-likeness (QED) is 0.745. The van der Waals surface area contributed by atoms with Crippen molar-refractivity contribution in [3.05, 3.63) is 52.5 Å². The molecule has 150 valence electrons. The van der Waals surface area contributed by atoms with E-state index in [1.54, 1.807) is 18.2 Å². The topological polar surface area (TPSA) is 95.6 Å². The monoisotopic (exact) mass is 423 g/mol. The predicted octanol–water partition coefficient (Wildman–Crippen LogP) is 3.17. The molecule has 0 saturated carbocycles. The van der Waals surface area contributed by atoms with Crippen molar-refractivity contribution in [2.24, 2.45) is 0 Å². The Morgan fingerprint density at radius 2 is 1.71 bits per heavy atom. The highest BCUT2D eigenvalue weighted by atomic mass is 35.5. The second-order valence-corrected chi connectivity index (χ2v) is 8.88. The van der Waals surface area contributed by atoms with Crippen LogP contribution in [0.25, 0.3) is 0 Å². The SMILES string of the molecule is CC(=O)Nc1ccc(NC(=O)CN(C)S(=O)(=O)c2ccc(C)c(C)c2)c(Cl)c1. The molecule has 0 spiro atoms. The maximum atomic E-state index is 12.7. The number of amides is 2. The molecular weight excluding hydrogens is 402 g/mol. The summed E-state index contributed by atoms with van der Waals surface area (Å²) in [6.07, 6.45) is 0. The van der Waals surface area contributed by atoms with Gasteiger partial charge >= 0.3 is 0 Å². The van der Waals surface area contributed by atoms with Crippen molar-refractivity contribution in [3.63, 3.8) is 0 Å². The Morgan fingerprint density at radius 3 is 2.29 bits per heavy atom. The lowest BCUT2D eigenvalue weighted by molar-refractivity contribution is -0.116. The van der Waals surface area contributed by atoms with Crippen LogP contribution in [0.2, 0.25) is 5.02 Å². The number of carbonyl (C=O) groups excluding carboxylic acids is 2. The number of nitrogens with one attached hydrogen (secondary N) is 2. The molecule has 7 nitrogen and oxygen atoms in total. The lowest BCUT2D eigenvalue weighted by atomic mass is 10.1. The van der Waals surface area contributed by atoms with Gasteiger partial charge in [0, 0.05) is 19.7 Å². The standard InChI is InChI=1S/C19H22ClN3O4S/c1-12-5-7-16(9-13(12)2)28(26,27)23(4)11-19(25)22-18-8-6-15(10-17(18)20)21-14(3)24/h5-10H,11H2,1-4H3,(H,21,24)(H,22,25). The first kappa shape index (κ1) is 21.9. The Kier molecular flexibility index (Phi) is 6.82. The molecule has 2 aromatic rings. The molecule has 0 aliphatic rings. The Balaban J connectivity index is 2.09. The fourth-order valence-corrected chi connectivity index (χ4v) is 3.87. The molecule has 2 rings (SSSR count). The molecule has 0 aromatic heterocycles. The van der Waals surface area contributed by atoms with Gasteiger partial charge in [-0.25, -0.2) is 8.42 Å². The van der Waals surface area contributed by atoms with Gasteiger partial charge in [-0.1, -0.05) is 17.7 Å². The molecular formula is C19H22ClN3O4S. The third kappa shape index (κ3) is 5.31. The molecule has 2 N–H and O–H groups in total. The van der Waals surface area contributed by atoms with E-state index in [-0.39, 0.29) is 22.4 Å². The lowest BCUT2D eigenvalue weighted by Gasteiger charge is -2.18. The first-order valence-corrected chi connectivity index (χ1v) is 10.2. The smallest absolute Gasteiger partial charge is 0.243 e. The predicted molar refractivity (Wildman–Crippen MR) is 110 cm³/mol. The fourth-order valence-electron chi connectivity index (χ4n) is 2.43. The van der Waals surface area contributed by atoms with Gasteiger partial charge in [0.05, 0.1) is 22.2 Å². The summed E-state index contributed by atoms with van der Waals surface area (Å²) in [6.45, 7) is 4.71. The number of benzene rings is 2. The first-order valence-electron chi connectivity index (χ1n) is 8.41. The van der Waals surface area contributed by atoms with E-state index >= 15 is 0 Å². The van der Waals surface area contributed by atoms with Gasteiger partial charge in [0.15, 0.2) is 0 Å². The van der Waals surface area contributed by atoms with Crippen LogP contribution in [0.3, 0.4) is 0 Å². The third-order valence-corrected chi connectivity index (χ3v) is 6.23. The Bertz CT molecular complexity index is 1020. The van der Waals surface area contributed by atoms with Crippen molar-refractivity contribution in [3.8, 4) is 0 Å². The molecule has 2 amide bonds. The molecule has 0 saturated heterocycles. The van der Waals surface area contributed by atoms with Crippen LogP contribution in [-0.2, 0) is 19.6 Å². The van der Waals surface area contributed by atoms with Gasteiger partial charge in [0.2, 0.25) is 21.8 Å². The number of nitrogens with zero attached hydrogens (tertiary/aromatic N) is 1. The summed E-state index contributed by atoms with van der Waals surface area (Å²) >= 11 is 6.11. The molecule has 0 aliphatic heterocycles. The maximum Gasteiger partial charge on any atom is 0.243 e. The second kappa shape index (κ2) is 8.72. The van der Waals surface area contributed by atoms with E-state index in [1.165, 1.54) is 32.2 Å². The largest absolute Gasteiger partial charge is 0.326 e.